The maximum absolute atomic E-state index is 12.4. The monoisotopic (exact) mass is 359 g/mol. The molecule has 3 amide bonds. The van der Waals surface area contributed by atoms with Crippen molar-refractivity contribution in [2.45, 2.75) is 38.6 Å². The van der Waals surface area contributed by atoms with E-state index in [4.69, 9.17) is 0 Å². The summed E-state index contributed by atoms with van der Waals surface area (Å²) in [6.07, 6.45) is 5.14. The number of carbonyl (C=O) groups excluding carboxylic acids is 2. The van der Waals surface area contributed by atoms with Crippen LogP contribution in [0.1, 0.15) is 31.2 Å². The first-order valence-electron chi connectivity index (χ1n) is 9.49. The first-order chi connectivity index (χ1) is 12.5. The van der Waals surface area contributed by atoms with Gasteiger partial charge < -0.3 is 20.4 Å². The molecule has 0 aliphatic carbocycles. The third-order valence-electron chi connectivity index (χ3n) is 5.36. The summed E-state index contributed by atoms with van der Waals surface area (Å²) in [5.74, 6) is 0.519. The van der Waals surface area contributed by atoms with E-state index in [1.807, 2.05) is 24.0 Å². The van der Waals surface area contributed by atoms with E-state index in [9.17, 15) is 9.59 Å². The number of piperidine rings is 2. The highest BCUT2D eigenvalue weighted by molar-refractivity contribution is 5.91. The molecule has 2 aliphatic rings. The van der Waals surface area contributed by atoms with Gasteiger partial charge in [-0.15, -0.1) is 0 Å². The van der Waals surface area contributed by atoms with Crippen molar-refractivity contribution in [1.29, 1.82) is 0 Å². The molecule has 0 saturated carbocycles. The molecule has 0 radical (unpaired) electrons. The number of carbonyl (C=O) groups is 2. The Morgan fingerprint density at radius 3 is 2.38 bits per heavy atom. The lowest BCUT2D eigenvalue weighted by Gasteiger charge is -2.34. The zero-order valence-electron chi connectivity index (χ0n) is 15.7. The molecule has 3 rings (SSSR count). The maximum Gasteiger partial charge on any atom is 0.317 e. The van der Waals surface area contributed by atoms with Crippen molar-refractivity contribution in [2.24, 2.45) is 5.92 Å². The van der Waals surface area contributed by atoms with Gasteiger partial charge in [0.2, 0.25) is 5.91 Å². The Balaban J connectivity index is 1.42. The van der Waals surface area contributed by atoms with Crippen molar-refractivity contribution in [3.63, 3.8) is 0 Å². The molecule has 0 aromatic carbocycles. The van der Waals surface area contributed by atoms with Crippen molar-refractivity contribution >= 4 is 17.8 Å². The maximum atomic E-state index is 12.4. The van der Waals surface area contributed by atoms with E-state index in [1.165, 1.54) is 0 Å². The second kappa shape index (κ2) is 8.49. The Bertz CT molecular complexity index is 617. The van der Waals surface area contributed by atoms with Crippen molar-refractivity contribution < 1.29 is 9.59 Å². The van der Waals surface area contributed by atoms with E-state index in [2.05, 4.69) is 27.6 Å². The van der Waals surface area contributed by atoms with Crippen LogP contribution in [0.2, 0.25) is 0 Å². The minimum atomic E-state index is -0.0644. The Kier molecular flexibility index (Phi) is 6.08. The van der Waals surface area contributed by atoms with Crippen LogP contribution in [0.25, 0.3) is 0 Å². The first kappa shape index (κ1) is 18.6. The number of nitrogens with one attached hydrogen (secondary N) is 2. The summed E-state index contributed by atoms with van der Waals surface area (Å²) < 4.78 is 0. The molecule has 2 fully saturated rings. The molecule has 26 heavy (non-hydrogen) atoms. The highest BCUT2D eigenvalue weighted by Gasteiger charge is 2.29. The first-order valence-corrected chi connectivity index (χ1v) is 9.49. The predicted molar refractivity (Wildman–Crippen MR) is 101 cm³/mol. The van der Waals surface area contributed by atoms with Crippen molar-refractivity contribution in [3.05, 3.63) is 23.9 Å². The van der Waals surface area contributed by atoms with E-state index in [0.717, 1.165) is 31.5 Å². The fraction of sp³-hybridized carbons (Fsp3) is 0.632. The molecule has 7 nitrogen and oxygen atoms in total. The van der Waals surface area contributed by atoms with Gasteiger partial charge in [0.1, 0.15) is 5.82 Å². The van der Waals surface area contributed by atoms with Crippen LogP contribution in [0.4, 0.5) is 10.6 Å². The highest BCUT2D eigenvalue weighted by atomic mass is 16.2. The minimum absolute atomic E-state index is 0.00303. The smallest absolute Gasteiger partial charge is 0.317 e. The Morgan fingerprint density at radius 2 is 1.77 bits per heavy atom. The molecule has 0 spiro atoms. The number of pyridine rings is 1. The Hall–Kier alpha value is -2.15. The van der Waals surface area contributed by atoms with Crippen molar-refractivity contribution in [2.75, 3.05) is 38.5 Å². The van der Waals surface area contributed by atoms with Crippen LogP contribution in [0.15, 0.2) is 18.3 Å². The van der Waals surface area contributed by atoms with E-state index < -0.39 is 0 Å². The van der Waals surface area contributed by atoms with E-state index in [-0.39, 0.29) is 23.9 Å². The van der Waals surface area contributed by atoms with Gasteiger partial charge in [0.15, 0.2) is 0 Å². The standard InChI is InChI=1S/C19H29N5O2/c1-14-3-4-17(20-13-14)22-18(25)15-5-11-24(12-6-15)19(26)21-16-7-9-23(2)10-8-16/h3-4,13,15-16H,5-12H2,1-2H3,(H,21,26)(H,20,22,25). The quantitative estimate of drug-likeness (QED) is 0.863. The largest absolute Gasteiger partial charge is 0.335 e. The second-order valence-corrected chi connectivity index (χ2v) is 7.50. The molecule has 2 saturated heterocycles. The zero-order valence-corrected chi connectivity index (χ0v) is 15.7. The van der Waals surface area contributed by atoms with Crippen molar-refractivity contribution in [1.82, 2.24) is 20.1 Å². The van der Waals surface area contributed by atoms with Gasteiger partial charge in [0.05, 0.1) is 0 Å². The van der Waals surface area contributed by atoms with Gasteiger partial charge in [-0.3, -0.25) is 4.79 Å². The number of nitrogens with zero attached hydrogens (tertiary/aromatic N) is 3. The van der Waals surface area contributed by atoms with E-state index >= 15 is 0 Å². The van der Waals surface area contributed by atoms with Gasteiger partial charge in [-0.05, 0) is 64.4 Å². The Morgan fingerprint density at radius 1 is 1.08 bits per heavy atom. The van der Waals surface area contributed by atoms with Crippen LogP contribution >= 0.6 is 0 Å². The fourth-order valence-corrected chi connectivity index (χ4v) is 3.53. The van der Waals surface area contributed by atoms with E-state index in [1.54, 1.807) is 6.20 Å². The summed E-state index contributed by atoms with van der Waals surface area (Å²) in [5, 5.41) is 6.03. The molecule has 3 heterocycles. The summed E-state index contributed by atoms with van der Waals surface area (Å²) >= 11 is 0. The highest BCUT2D eigenvalue weighted by Crippen LogP contribution is 2.19. The van der Waals surface area contributed by atoms with Crippen LogP contribution < -0.4 is 10.6 Å². The fourth-order valence-electron chi connectivity index (χ4n) is 3.53. The number of aromatic nitrogens is 1. The van der Waals surface area contributed by atoms with Gasteiger partial charge in [-0.25, -0.2) is 9.78 Å². The van der Waals surface area contributed by atoms with Gasteiger partial charge in [-0.1, -0.05) is 6.07 Å². The van der Waals surface area contributed by atoms with Gasteiger partial charge >= 0.3 is 6.03 Å². The summed E-state index contributed by atoms with van der Waals surface area (Å²) in [4.78, 5) is 33.2. The van der Waals surface area contributed by atoms with Gasteiger partial charge in [-0.2, -0.15) is 0 Å². The molecule has 2 N–H and O–H groups in total. The zero-order chi connectivity index (χ0) is 18.5. The summed E-state index contributed by atoms with van der Waals surface area (Å²) in [5.41, 5.74) is 1.06. The molecule has 142 valence electrons. The Labute approximate surface area is 155 Å². The van der Waals surface area contributed by atoms with E-state index in [0.29, 0.717) is 31.7 Å². The summed E-state index contributed by atoms with van der Waals surface area (Å²) in [6.45, 7) is 5.27. The third-order valence-corrected chi connectivity index (χ3v) is 5.36. The molecule has 0 atom stereocenters. The van der Waals surface area contributed by atoms with Crippen molar-refractivity contribution in [3.8, 4) is 0 Å². The molecule has 1 aromatic rings. The third kappa shape index (κ3) is 4.94. The van der Waals surface area contributed by atoms with Crippen LogP contribution in [0.3, 0.4) is 0 Å². The molecule has 1 aromatic heterocycles. The summed E-state index contributed by atoms with van der Waals surface area (Å²) in [6, 6.07) is 4.03. The lowest BCUT2D eigenvalue weighted by atomic mass is 9.96. The molecule has 0 unspecified atom stereocenters. The molecular weight excluding hydrogens is 330 g/mol. The number of anilines is 1. The lowest BCUT2D eigenvalue weighted by Crippen LogP contribution is -2.51. The SMILES string of the molecule is Cc1ccc(NC(=O)C2CCN(C(=O)NC3CCN(C)CC3)CC2)nc1. The van der Waals surface area contributed by atoms with Crippen LogP contribution in [0.5, 0.6) is 0 Å². The molecule has 0 bridgehead atoms. The van der Waals surface area contributed by atoms with Crippen LogP contribution in [-0.4, -0.2) is 66.0 Å². The average Bonchev–Trinajstić information content (AvgIpc) is 2.65. The van der Waals surface area contributed by atoms with Gasteiger partial charge in [0, 0.05) is 31.2 Å². The molecular formula is C19H29N5O2. The number of likely N-dealkylation sites (tertiary alicyclic amines) is 2. The second-order valence-electron chi connectivity index (χ2n) is 7.50. The number of aryl methyl sites for hydroxylation is 1. The number of hydrogen-bond donors (Lipinski definition) is 2. The number of hydrogen-bond acceptors (Lipinski definition) is 4. The topological polar surface area (TPSA) is 77.6 Å². The number of amides is 3. The number of urea groups is 1. The van der Waals surface area contributed by atoms with Gasteiger partial charge in [0.25, 0.3) is 0 Å². The average molecular weight is 359 g/mol. The minimum Gasteiger partial charge on any atom is -0.335 e. The lowest BCUT2D eigenvalue weighted by molar-refractivity contribution is -0.121. The normalized spacial score (nSPS) is 20.0. The van der Waals surface area contributed by atoms with Crippen LogP contribution in [-0.2, 0) is 4.79 Å². The number of rotatable bonds is 3. The van der Waals surface area contributed by atoms with Crippen LogP contribution in [0, 0.1) is 12.8 Å². The molecule has 2 aliphatic heterocycles. The molecule has 7 heteroatoms. The predicted octanol–water partition coefficient (Wildman–Crippen LogP) is 1.84. The summed E-state index contributed by atoms with van der Waals surface area (Å²) in [7, 11) is 2.11.